The molecule has 2 rings (SSSR count). The van der Waals surface area contributed by atoms with Gasteiger partial charge in [-0.3, -0.25) is 4.79 Å². The minimum absolute atomic E-state index is 0.280. The minimum atomic E-state index is -0.280. The highest BCUT2D eigenvalue weighted by atomic mass is 79.9. The summed E-state index contributed by atoms with van der Waals surface area (Å²) in [5.41, 5.74) is 1.07. The van der Waals surface area contributed by atoms with E-state index >= 15 is 0 Å². The number of methoxy groups -OCH3 is 1. The lowest BCUT2D eigenvalue weighted by Gasteiger charge is -2.15. The number of hydrogen-bond donors (Lipinski definition) is 1. The summed E-state index contributed by atoms with van der Waals surface area (Å²) in [6.45, 7) is 4.60. The first-order chi connectivity index (χ1) is 11.4. The molecule has 0 saturated carbocycles. The smallest absolute Gasteiger partial charge is 0.255 e. The Kier molecular flexibility index (Phi) is 6.52. The fraction of sp³-hybridized carbons (Fsp3) is 0.278. The molecule has 0 atom stereocenters. The zero-order chi connectivity index (χ0) is 17.7. The van der Waals surface area contributed by atoms with Crippen molar-refractivity contribution in [1.82, 2.24) is 0 Å². The van der Waals surface area contributed by atoms with Crippen LogP contribution in [0.4, 0.5) is 5.69 Å². The lowest BCUT2D eigenvalue weighted by atomic mass is 10.1. The van der Waals surface area contributed by atoms with Gasteiger partial charge in [0.1, 0.15) is 0 Å². The van der Waals surface area contributed by atoms with Crippen LogP contribution in [0.15, 0.2) is 40.9 Å². The number of anilines is 1. The summed E-state index contributed by atoms with van der Waals surface area (Å²) in [5.74, 6) is 0.951. The van der Waals surface area contributed by atoms with E-state index in [0.717, 1.165) is 4.47 Å². The van der Waals surface area contributed by atoms with Crippen LogP contribution < -0.4 is 14.8 Å². The Morgan fingerprint density at radius 3 is 2.62 bits per heavy atom. The van der Waals surface area contributed by atoms with Gasteiger partial charge in [0.2, 0.25) is 0 Å². The largest absolute Gasteiger partial charge is 0.493 e. The Bertz CT molecular complexity index is 734. The molecule has 2 aromatic carbocycles. The summed E-state index contributed by atoms with van der Waals surface area (Å²) in [6.07, 6.45) is 0. The second kappa shape index (κ2) is 8.40. The average Bonchev–Trinajstić information content (AvgIpc) is 2.54. The minimum Gasteiger partial charge on any atom is -0.493 e. The summed E-state index contributed by atoms with van der Waals surface area (Å²) < 4.78 is 11.8. The van der Waals surface area contributed by atoms with E-state index in [4.69, 9.17) is 21.1 Å². The fourth-order valence-corrected chi connectivity index (χ4v) is 2.65. The quantitative estimate of drug-likeness (QED) is 0.691. The molecule has 2 aromatic rings. The molecule has 0 spiro atoms. The molecule has 1 N–H and O–H groups in total. The van der Waals surface area contributed by atoms with Crippen molar-refractivity contribution in [3.8, 4) is 11.5 Å². The third-order valence-electron chi connectivity index (χ3n) is 3.17. The van der Waals surface area contributed by atoms with E-state index in [9.17, 15) is 4.79 Å². The highest BCUT2D eigenvalue weighted by Gasteiger charge is 2.17. The van der Waals surface area contributed by atoms with Crippen LogP contribution in [0.1, 0.15) is 24.2 Å². The third-order valence-corrected chi connectivity index (χ3v) is 4.15. The van der Waals surface area contributed by atoms with E-state index in [1.807, 2.05) is 32.0 Å². The van der Waals surface area contributed by atoms with Gasteiger partial charge in [0.15, 0.2) is 11.5 Å². The van der Waals surface area contributed by atoms with Crippen LogP contribution in [0, 0.1) is 5.92 Å². The molecule has 24 heavy (non-hydrogen) atoms. The summed E-state index contributed by atoms with van der Waals surface area (Å²) in [6, 6.07) is 10.6. The predicted molar refractivity (Wildman–Crippen MR) is 100 cm³/mol. The number of nitrogens with one attached hydrogen (secondary N) is 1. The Hall–Kier alpha value is -1.72. The number of benzene rings is 2. The van der Waals surface area contributed by atoms with Crippen molar-refractivity contribution >= 4 is 39.1 Å². The molecule has 0 unspecified atom stereocenters. The lowest BCUT2D eigenvalue weighted by molar-refractivity contribution is 0.102. The lowest BCUT2D eigenvalue weighted by Crippen LogP contribution is -2.13. The van der Waals surface area contributed by atoms with Gasteiger partial charge in [-0.1, -0.05) is 37.6 Å². The molecular formula is C18H19BrClNO3. The highest BCUT2D eigenvalue weighted by molar-refractivity contribution is 9.10. The Balaban J connectivity index is 2.26. The van der Waals surface area contributed by atoms with Gasteiger partial charge < -0.3 is 14.8 Å². The van der Waals surface area contributed by atoms with Crippen molar-refractivity contribution in [3.05, 3.63) is 51.5 Å². The molecule has 0 aliphatic carbocycles. The number of ether oxygens (including phenoxy) is 2. The molecule has 4 nitrogen and oxygen atoms in total. The van der Waals surface area contributed by atoms with Crippen LogP contribution >= 0.6 is 27.5 Å². The van der Waals surface area contributed by atoms with Gasteiger partial charge >= 0.3 is 0 Å². The number of halogens is 2. The highest BCUT2D eigenvalue weighted by Crippen LogP contribution is 2.37. The van der Waals surface area contributed by atoms with E-state index in [1.54, 1.807) is 18.2 Å². The number of para-hydroxylation sites is 1. The van der Waals surface area contributed by atoms with E-state index in [2.05, 4.69) is 21.2 Å². The van der Waals surface area contributed by atoms with Crippen molar-refractivity contribution in [2.24, 2.45) is 5.92 Å². The molecule has 0 bridgehead atoms. The van der Waals surface area contributed by atoms with Crippen LogP contribution in [0.3, 0.4) is 0 Å². The molecule has 0 heterocycles. The van der Waals surface area contributed by atoms with Crippen LogP contribution in [0.5, 0.6) is 11.5 Å². The van der Waals surface area contributed by atoms with E-state index in [-0.39, 0.29) is 5.91 Å². The fourth-order valence-electron chi connectivity index (χ4n) is 2.00. The van der Waals surface area contributed by atoms with E-state index in [0.29, 0.717) is 40.3 Å². The first-order valence-corrected chi connectivity index (χ1v) is 8.65. The second-order valence-corrected chi connectivity index (χ2v) is 6.89. The van der Waals surface area contributed by atoms with Crippen LogP contribution in [-0.2, 0) is 0 Å². The Labute approximate surface area is 155 Å². The molecule has 0 aliphatic rings. The van der Waals surface area contributed by atoms with E-state index in [1.165, 1.54) is 7.11 Å². The number of hydrogen-bond acceptors (Lipinski definition) is 3. The monoisotopic (exact) mass is 411 g/mol. The number of carbonyl (C=O) groups is 1. The number of carbonyl (C=O) groups excluding carboxylic acids is 1. The second-order valence-electron chi connectivity index (χ2n) is 5.63. The summed E-state index contributed by atoms with van der Waals surface area (Å²) in [7, 11) is 1.52. The third kappa shape index (κ3) is 4.65. The summed E-state index contributed by atoms with van der Waals surface area (Å²) in [4.78, 5) is 12.5. The Morgan fingerprint density at radius 1 is 1.29 bits per heavy atom. The zero-order valence-corrected chi connectivity index (χ0v) is 16.1. The topological polar surface area (TPSA) is 47.6 Å². The molecule has 0 aliphatic heterocycles. The van der Waals surface area contributed by atoms with Gasteiger partial charge in [0, 0.05) is 10.0 Å². The normalized spacial score (nSPS) is 10.6. The molecule has 1 amide bonds. The van der Waals surface area contributed by atoms with Gasteiger partial charge in [-0.25, -0.2) is 0 Å². The van der Waals surface area contributed by atoms with Gasteiger partial charge in [-0.05, 0) is 46.1 Å². The number of rotatable bonds is 6. The number of amides is 1. The van der Waals surface area contributed by atoms with Crippen LogP contribution in [-0.4, -0.2) is 19.6 Å². The standard InChI is InChI=1S/C18H19BrClNO3/c1-11(2)10-24-17-14(20)8-12(9-16(17)23-3)18(22)21-15-7-5-4-6-13(15)19/h4-9,11H,10H2,1-3H3,(H,21,22). The van der Waals surface area contributed by atoms with Crippen molar-refractivity contribution in [2.75, 3.05) is 19.0 Å². The predicted octanol–water partition coefficient (Wildman–Crippen LogP) is 5.40. The maximum atomic E-state index is 12.5. The van der Waals surface area contributed by atoms with Crippen molar-refractivity contribution in [1.29, 1.82) is 0 Å². The summed E-state index contributed by atoms with van der Waals surface area (Å²) in [5, 5.41) is 3.17. The molecule has 128 valence electrons. The Morgan fingerprint density at radius 2 is 2.00 bits per heavy atom. The van der Waals surface area contributed by atoms with Gasteiger partial charge in [0.05, 0.1) is 24.4 Å². The van der Waals surface area contributed by atoms with E-state index < -0.39 is 0 Å². The molecule has 6 heteroatoms. The van der Waals surface area contributed by atoms with Crippen molar-refractivity contribution in [3.63, 3.8) is 0 Å². The van der Waals surface area contributed by atoms with Gasteiger partial charge in [0.25, 0.3) is 5.91 Å². The van der Waals surface area contributed by atoms with Crippen molar-refractivity contribution in [2.45, 2.75) is 13.8 Å². The molecule has 0 fully saturated rings. The average molecular weight is 413 g/mol. The molecule has 0 radical (unpaired) electrons. The molecule has 0 aromatic heterocycles. The van der Waals surface area contributed by atoms with Gasteiger partial charge in [-0.15, -0.1) is 0 Å². The van der Waals surface area contributed by atoms with Gasteiger partial charge in [-0.2, -0.15) is 0 Å². The first kappa shape index (κ1) is 18.6. The maximum Gasteiger partial charge on any atom is 0.255 e. The SMILES string of the molecule is COc1cc(C(=O)Nc2ccccc2Br)cc(Cl)c1OCC(C)C. The van der Waals surface area contributed by atoms with Crippen LogP contribution in [0.25, 0.3) is 0 Å². The summed E-state index contributed by atoms with van der Waals surface area (Å²) >= 11 is 9.68. The molecular weight excluding hydrogens is 394 g/mol. The zero-order valence-electron chi connectivity index (χ0n) is 13.7. The van der Waals surface area contributed by atoms with Crippen LogP contribution in [0.2, 0.25) is 5.02 Å². The molecule has 0 saturated heterocycles. The maximum absolute atomic E-state index is 12.5. The first-order valence-electron chi connectivity index (χ1n) is 7.48. The van der Waals surface area contributed by atoms with Crippen molar-refractivity contribution < 1.29 is 14.3 Å².